The van der Waals surface area contributed by atoms with Gasteiger partial charge in [-0.05, 0) is 80.3 Å². The highest BCUT2D eigenvalue weighted by Crippen LogP contribution is 2.16. The molecule has 0 aliphatic heterocycles. The van der Waals surface area contributed by atoms with E-state index in [1.807, 2.05) is 6.92 Å². The van der Waals surface area contributed by atoms with Crippen LogP contribution in [-0.2, 0) is 0 Å². The Bertz CT molecular complexity index is 807. The highest BCUT2D eigenvalue weighted by Gasteiger charge is 2.07. The van der Waals surface area contributed by atoms with Gasteiger partial charge in [0.05, 0.1) is 0 Å². The summed E-state index contributed by atoms with van der Waals surface area (Å²) in [7, 11) is 0. The van der Waals surface area contributed by atoms with Gasteiger partial charge in [0.15, 0.2) is 5.11 Å². The molecule has 5 nitrogen and oxygen atoms in total. The number of nitrogens with one attached hydrogen (secondary N) is 3. The van der Waals surface area contributed by atoms with Gasteiger partial charge in [0, 0.05) is 30.0 Å². The van der Waals surface area contributed by atoms with Gasteiger partial charge in [-0.15, -0.1) is 0 Å². The van der Waals surface area contributed by atoms with Crippen LogP contribution in [0.2, 0.25) is 0 Å². The summed E-state index contributed by atoms with van der Waals surface area (Å²) in [5, 5.41) is 9.43. The van der Waals surface area contributed by atoms with Crippen molar-refractivity contribution >= 4 is 34.6 Å². The predicted octanol–water partition coefficient (Wildman–Crippen LogP) is 4.01. The fourth-order valence-electron chi connectivity index (χ4n) is 2.73. The van der Waals surface area contributed by atoms with E-state index in [2.05, 4.69) is 34.7 Å². The van der Waals surface area contributed by atoms with Crippen LogP contribution in [0.15, 0.2) is 42.5 Å². The average molecular weight is 403 g/mol. The van der Waals surface area contributed by atoms with Gasteiger partial charge in [-0.25, -0.2) is 4.39 Å². The molecule has 0 atom stereocenters. The zero-order chi connectivity index (χ0) is 20.5. The quantitative estimate of drug-likeness (QED) is 0.583. The first-order valence-electron chi connectivity index (χ1n) is 9.37. The summed E-state index contributed by atoms with van der Waals surface area (Å²) in [6, 6.07) is 11.6. The first kappa shape index (κ1) is 21.8. The van der Waals surface area contributed by atoms with Crippen molar-refractivity contribution in [2.24, 2.45) is 0 Å². The van der Waals surface area contributed by atoms with Crippen LogP contribution in [0.4, 0.5) is 15.8 Å². The zero-order valence-electron chi connectivity index (χ0n) is 16.5. The Morgan fingerprint density at radius 2 is 1.75 bits per heavy atom. The monoisotopic (exact) mass is 402 g/mol. The number of thiocarbonyl (C=S) groups is 1. The third-order valence-electron chi connectivity index (χ3n) is 4.45. The Kier molecular flexibility index (Phi) is 8.35. The summed E-state index contributed by atoms with van der Waals surface area (Å²) in [5.74, 6) is -0.380. The third-order valence-corrected chi connectivity index (χ3v) is 4.65. The molecule has 0 aliphatic rings. The van der Waals surface area contributed by atoms with E-state index in [1.54, 1.807) is 30.3 Å². The lowest BCUT2D eigenvalue weighted by molar-refractivity contribution is 0.0949. The fourth-order valence-corrected chi connectivity index (χ4v) is 2.95. The normalized spacial score (nSPS) is 10.6. The molecule has 0 bridgehead atoms. The van der Waals surface area contributed by atoms with Crippen molar-refractivity contribution < 1.29 is 9.18 Å². The zero-order valence-corrected chi connectivity index (χ0v) is 17.3. The minimum atomic E-state index is -0.284. The number of nitrogens with zero attached hydrogens (tertiary/aromatic N) is 1. The Labute approximate surface area is 171 Å². The number of likely N-dealkylation sites (N-methyl/N-ethyl adjacent to an activating group) is 1. The molecule has 2 rings (SSSR count). The summed E-state index contributed by atoms with van der Waals surface area (Å²) < 4.78 is 13.2. The van der Waals surface area contributed by atoms with E-state index in [0.29, 0.717) is 17.2 Å². The average Bonchev–Trinajstić information content (AvgIpc) is 2.68. The Morgan fingerprint density at radius 1 is 1.07 bits per heavy atom. The molecule has 0 heterocycles. The van der Waals surface area contributed by atoms with Crippen LogP contribution in [0, 0.1) is 12.7 Å². The van der Waals surface area contributed by atoms with Gasteiger partial charge < -0.3 is 20.9 Å². The third kappa shape index (κ3) is 6.58. The maximum Gasteiger partial charge on any atom is 0.251 e. The molecule has 0 radical (unpaired) electrons. The van der Waals surface area contributed by atoms with E-state index >= 15 is 0 Å². The lowest BCUT2D eigenvalue weighted by Crippen LogP contribution is -2.34. The molecule has 0 saturated carbocycles. The molecule has 0 saturated heterocycles. The second-order valence-corrected chi connectivity index (χ2v) is 6.81. The second-order valence-electron chi connectivity index (χ2n) is 6.40. The van der Waals surface area contributed by atoms with E-state index in [9.17, 15) is 9.18 Å². The van der Waals surface area contributed by atoms with Crippen molar-refractivity contribution in [3.05, 3.63) is 59.4 Å². The summed E-state index contributed by atoms with van der Waals surface area (Å²) in [6.07, 6.45) is 0. The Balaban J connectivity index is 1.86. The molecule has 0 fully saturated rings. The van der Waals surface area contributed by atoms with E-state index in [-0.39, 0.29) is 11.7 Å². The van der Waals surface area contributed by atoms with Crippen LogP contribution in [0.25, 0.3) is 0 Å². The van der Waals surface area contributed by atoms with Crippen molar-refractivity contribution in [1.82, 2.24) is 10.2 Å². The van der Waals surface area contributed by atoms with Crippen LogP contribution in [0.1, 0.15) is 29.8 Å². The number of halogens is 1. The summed E-state index contributed by atoms with van der Waals surface area (Å²) >= 11 is 5.30. The second kappa shape index (κ2) is 10.7. The standard InChI is InChI=1S/C21H27FN4OS/c1-4-26(5-2)13-12-23-20(27)16-6-9-18(10-7-16)24-21(28)25-19-11-8-17(22)14-15(19)3/h6-11,14H,4-5,12-13H2,1-3H3,(H,23,27)(H2,24,25,28). The minimum absolute atomic E-state index is 0.0960. The molecule has 0 spiro atoms. The number of anilines is 2. The van der Waals surface area contributed by atoms with Crippen molar-refractivity contribution in [2.45, 2.75) is 20.8 Å². The summed E-state index contributed by atoms with van der Waals surface area (Å²) in [4.78, 5) is 14.5. The van der Waals surface area contributed by atoms with Gasteiger partial charge in [0.1, 0.15) is 5.82 Å². The van der Waals surface area contributed by atoms with Crippen molar-refractivity contribution in [3.63, 3.8) is 0 Å². The van der Waals surface area contributed by atoms with Crippen molar-refractivity contribution in [1.29, 1.82) is 0 Å². The highest BCUT2D eigenvalue weighted by atomic mass is 32.1. The number of carbonyl (C=O) groups is 1. The van der Waals surface area contributed by atoms with E-state index < -0.39 is 0 Å². The smallest absolute Gasteiger partial charge is 0.251 e. The predicted molar refractivity (Wildman–Crippen MR) is 118 cm³/mol. The van der Waals surface area contributed by atoms with E-state index in [0.717, 1.165) is 36.6 Å². The fraction of sp³-hybridized carbons (Fsp3) is 0.333. The Hall–Kier alpha value is -2.51. The van der Waals surface area contributed by atoms with Crippen LogP contribution in [-0.4, -0.2) is 42.1 Å². The van der Waals surface area contributed by atoms with Gasteiger partial charge >= 0.3 is 0 Å². The van der Waals surface area contributed by atoms with E-state index in [4.69, 9.17) is 12.2 Å². The molecule has 0 aromatic heterocycles. The molecule has 28 heavy (non-hydrogen) atoms. The first-order valence-corrected chi connectivity index (χ1v) is 9.78. The molecule has 2 aromatic rings. The summed E-state index contributed by atoms with van der Waals surface area (Å²) in [6.45, 7) is 9.41. The van der Waals surface area contributed by atoms with Crippen molar-refractivity contribution in [2.75, 3.05) is 36.8 Å². The molecular formula is C21H27FN4OS. The molecule has 150 valence electrons. The van der Waals surface area contributed by atoms with Crippen LogP contribution < -0.4 is 16.0 Å². The number of benzene rings is 2. The molecule has 0 aliphatic carbocycles. The summed E-state index contributed by atoms with van der Waals surface area (Å²) in [5.41, 5.74) is 2.86. The molecular weight excluding hydrogens is 375 g/mol. The van der Waals surface area contributed by atoms with E-state index in [1.165, 1.54) is 12.1 Å². The number of hydrogen-bond donors (Lipinski definition) is 3. The van der Waals surface area contributed by atoms with Gasteiger partial charge in [-0.1, -0.05) is 13.8 Å². The van der Waals surface area contributed by atoms with Gasteiger partial charge in [-0.3, -0.25) is 4.79 Å². The SMILES string of the molecule is CCN(CC)CCNC(=O)c1ccc(NC(=S)Nc2ccc(F)cc2C)cc1. The largest absolute Gasteiger partial charge is 0.351 e. The van der Waals surface area contributed by atoms with Gasteiger partial charge in [-0.2, -0.15) is 0 Å². The van der Waals surface area contributed by atoms with Crippen LogP contribution >= 0.6 is 12.2 Å². The molecule has 0 unspecified atom stereocenters. The lowest BCUT2D eigenvalue weighted by atomic mass is 10.2. The molecule has 7 heteroatoms. The number of carbonyl (C=O) groups excluding carboxylic acids is 1. The van der Waals surface area contributed by atoms with Crippen LogP contribution in [0.5, 0.6) is 0 Å². The van der Waals surface area contributed by atoms with Crippen LogP contribution in [0.3, 0.4) is 0 Å². The first-order chi connectivity index (χ1) is 13.4. The maximum atomic E-state index is 13.2. The lowest BCUT2D eigenvalue weighted by Gasteiger charge is -2.18. The topological polar surface area (TPSA) is 56.4 Å². The van der Waals surface area contributed by atoms with Gasteiger partial charge in [0.2, 0.25) is 0 Å². The number of aryl methyl sites for hydroxylation is 1. The minimum Gasteiger partial charge on any atom is -0.351 e. The maximum absolute atomic E-state index is 13.2. The number of rotatable bonds is 8. The Morgan fingerprint density at radius 3 is 2.36 bits per heavy atom. The van der Waals surface area contributed by atoms with Gasteiger partial charge in [0.25, 0.3) is 5.91 Å². The highest BCUT2D eigenvalue weighted by molar-refractivity contribution is 7.80. The molecule has 3 N–H and O–H groups in total. The van der Waals surface area contributed by atoms with Crippen molar-refractivity contribution in [3.8, 4) is 0 Å². The molecule has 1 amide bonds. The number of hydrogen-bond acceptors (Lipinski definition) is 3. The number of amides is 1. The molecule has 2 aromatic carbocycles.